The van der Waals surface area contributed by atoms with Crippen LogP contribution in [0.25, 0.3) is 0 Å². The van der Waals surface area contributed by atoms with E-state index in [-0.39, 0.29) is 29.9 Å². The first-order valence-electron chi connectivity index (χ1n) is 9.01. The van der Waals surface area contributed by atoms with Gasteiger partial charge in [-0.2, -0.15) is 0 Å². The van der Waals surface area contributed by atoms with E-state index in [9.17, 15) is 4.79 Å². The van der Waals surface area contributed by atoms with Gasteiger partial charge in [0.1, 0.15) is 0 Å². The number of hydrogen-bond donors (Lipinski definition) is 2. The molecule has 26 heavy (non-hydrogen) atoms. The van der Waals surface area contributed by atoms with Crippen LogP contribution >= 0.6 is 24.0 Å². The average Bonchev–Trinajstić information content (AvgIpc) is 3.03. The van der Waals surface area contributed by atoms with Crippen LogP contribution in [0, 0.1) is 5.92 Å². The molecule has 1 aliphatic heterocycles. The Morgan fingerprint density at radius 3 is 2.58 bits per heavy atom. The molecule has 1 saturated heterocycles. The number of carbonyl (C=O) groups is 1. The number of benzene rings is 1. The van der Waals surface area contributed by atoms with Crippen LogP contribution in [0.3, 0.4) is 0 Å². The molecule has 7 heteroatoms. The molecule has 2 N–H and O–H groups in total. The van der Waals surface area contributed by atoms with Gasteiger partial charge in [-0.05, 0) is 30.0 Å². The monoisotopic (exact) mass is 474 g/mol. The van der Waals surface area contributed by atoms with E-state index in [1.54, 1.807) is 7.05 Å². The van der Waals surface area contributed by atoms with Gasteiger partial charge in [0.15, 0.2) is 5.96 Å². The van der Waals surface area contributed by atoms with E-state index in [1.807, 2.05) is 29.2 Å². The van der Waals surface area contributed by atoms with Crippen LogP contribution < -0.4 is 15.5 Å². The van der Waals surface area contributed by atoms with E-state index in [0.717, 1.165) is 43.3 Å². The highest BCUT2D eigenvalue weighted by molar-refractivity contribution is 14.0. The minimum Gasteiger partial charge on any atom is -0.379 e. The van der Waals surface area contributed by atoms with Crippen molar-refractivity contribution in [1.82, 2.24) is 10.6 Å². The zero-order valence-electron chi connectivity index (χ0n) is 16.0. The molecule has 1 aromatic carbocycles. The normalized spacial score (nSPS) is 14.5. The lowest BCUT2D eigenvalue weighted by Crippen LogP contribution is -2.38. The lowest BCUT2D eigenvalue weighted by atomic mass is 10.2. The van der Waals surface area contributed by atoms with E-state index in [1.165, 1.54) is 0 Å². The number of hydrogen-bond acceptors (Lipinski definition) is 3. The SMILES string of the molecule is CN=C(NCCOCC(C)C)NCc1ccc(N2CCCC2=O)cc1.I. The Bertz CT molecular complexity index is 575. The van der Waals surface area contributed by atoms with E-state index in [0.29, 0.717) is 25.5 Å². The Balaban J connectivity index is 0.00000338. The third-order valence-corrected chi connectivity index (χ3v) is 4.00. The first-order chi connectivity index (χ1) is 12.1. The van der Waals surface area contributed by atoms with Crippen molar-refractivity contribution in [1.29, 1.82) is 0 Å². The van der Waals surface area contributed by atoms with Gasteiger partial charge < -0.3 is 20.3 Å². The fourth-order valence-electron chi connectivity index (χ4n) is 2.68. The number of aliphatic imine (C=N–C) groups is 1. The molecule has 0 atom stereocenters. The van der Waals surface area contributed by atoms with Crippen molar-refractivity contribution in [3.05, 3.63) is 29.8 Å². The zero-order chi connectivity index (χ0) is 18.1. The lowest BCUT2D eigenvalue weighted by molar-refractivity contribution is -0.117. The summed E-state index contributed by atoms with van der Waals surface area (Å²) < 4.78 is 5.55. The highest BCUT2D eigenvalue weighted by Crippen LogP contribution is 2.21. The number of amides is 1. The highest BCUT2D eigenvalue weighted by atomic mass is 127. The molecule has 146 valence electrons. The zero-order valence-corrected chi connectivity index (χ0v) is 18.3. The van der Waals surface area contributed by atoms with Crippen molar-refractivity contribution < 1.29 is 9.53 Å². The quantitative estimate of drug-likeness (QED) is 0.263. The van der Waals surface area contributed by atoms with Crippen LogP contribution in [0.2, 0.25) is 0 Å². The molecular formula is C19H31IN4O2. The molecule has 6 nitrogen and oxygen atoms in total. The van der Waals surface area contributed by atoms with Crippen LogP contribution in [0.5, 0.6) is 0 Å². The lowest BCUT2D eigenvalue weighted by Gasteiger charge is -2.16. The molecule has 0 saturated carbocycles. The summed E-state index contributed by atoms with van der Waals surface area (Å²) in [6, 6.07) is 8.12. The van der Waals surface area contributed by atoms with Crippen LogP contribution in [-0.4, -0.2) is 45.2 Å². The second-order valence-corrected chi connectivity index (χ2v) is 6.64. The molecule has 0 unspecified atom stereocenters. The number of guanidine groups is 1. The molecule has 2 rings (SSSR count). The number of anilines is 1. The number of nitrogens with zero attached hydrogens (tertiary/aromatic N) is 2. The van der Waals surface area contributed by atoms with Gasteiger partial charge in [-0.3, -0.25) is 9.79 Å². The van der Waals surface area contributed by atoms with E-state index < -0.39 is 0 Å². The molecule has 0 aromatic heterocycles. The van der Waals surface area contributed by atoms with Crippen LogP contribution in [0.15, 0.2) is 29.3 Å². The van der Waals surface area contributed by atoms with Crippen LogP contribution in [-0.2, 0) is 16.1 Å². The summed E-state index contributed by atoms with van der Waals surface area (Å²) in [5.41, 5.74) is 2.13. The van der Waals surface area contributed by atoms with Gasteiger partial charge in [0, 0.05) is 45.4 Å². The van der Waals surface area contributed by atoms with Crippen molar-refractivity contribution in [2.75, 3.05) is 38.3 Å². The van der Waals surface area contributed by atoms with Crippen LogP contribution in [0.1, 0.15) is 32.3 Å². The first kappa shape index (κ1) is 22.7. The third-order valence-electron chi connectivity index (χ3n) is 4.00. The first-order valence-corrected chi connectivity index (χ1v) is 9.01. The molecule has 1 heterocycles. The molecule has 0 spiro atoms. The molecule has 1 fully saturated rings. The predicted molar refractivity (Wildman–Crippen MR) is 117 cm³/mol. The Hall–Kier alpha value is -1.35. The van der Waals surface area contributed by atoms with E-state index in [2.05, 4.69) is 29.5 Å². The van der Waals surface area contributed by atoms with Crippen molar-refractivity contribution >= 4 is 41.5 Å². The predicted octanol–water partition coefficient (Wildman–Crippen LogP) is 2.77. The maximum atomic E-state index is 11.8. The summed E-state index contributed by atoms with van der Waals surface area (Å²) in [5.74, 6) is 1.53. The minimum absolute atomic E-state index is 0. The van der Waals surface area contributed by atoms with Crippen molar-refractivity contribution in [2.45, 2.75) is 33.2 Å². The molecule has 1 amide bonds. The van der Waals surface area contributed by atoms with E-state index in [4.69, 9.17) is 4.74 Å². The maximum absolute atomic E-state index is 11.8. The van der Waals surface area contributed by atoms with Gasteiger partial charge in [-0.15, -0.1) is 24.0 Å². The average molecular weight is 474 g/mol. The fraction of sp³-hybridized carbons (Fsp3) is 0.579. The molecule has 1 aromatic rings. The molecule has 0 radical (unpaired) electrons. The third kappa shape index (κ3) is 7.49. The summed E-state index contributed by atoms with van der Waals surface area (Å²) in [5, 5.41) is 6.52. The highest BCUT2D eigenvalue weighted by Gasteiger charge is 2.21. The van der Waals surface area contributed by atoms with E-state index >= 15 is 0 Å². The Labute approximate surface area is 173 Å². The van der Waals surface area contributed by atoms with Gasteiger partial charge in [0.25, 0.3) is 0 Å². The second-order valence-electron chi connectivity index (χ2n) is 6.64. The van der Waals surface area contributed by atoms with Crippen molar-refractivity contribution in [3.8, 4) is 0 Å². The summed E-state index contributed by atoms with van der Waals surface area (Å²) >= 11 is 0. The second kappa shape index (κ2) is 12.1. The standard InChI is InChI=1S/C19H30N4O2.HI/c1-15(2)14-25-12-10-21-19(20-3)22-13-16-6-8-17(9-7-16)23-11-4-5-18(23)24;/h6-9,15H,4-5,10-14H2,1-3H3,(H2,20,21,22);1H. The summed E-state index contributed by atoms with van der Waals surface area (Å²) in [4.78, 5) is 17.8. The number of nitrogens with one attached hydrogen (secondary N) is 2. The smallest absolute Gasteiger partial charge is 0.227 e. The summed E-state index contributed by atoms with van der Waals surface area (Å²) in [6.07, 6.45) is 1.61. The van der Waals surface area contributed by atoms with Gasteiger partial charge in [0.2, 0.25) is 5.91 Å². The Morgan fingerprint density at radius 2 is 2.00 bits per heavy atom. The van der Waals surface area contributed by atoms with Crippen molar-refractivity contribution in [3.63, 3.8) is 0 Å². The molecular weight excluding hydrogens is 443 g/mol. The van der Waals surface area contributed by atoms with Gasteiger partial charge in [-0.25, -0.2) is 0 Å². The molecule has 0 aliphatic carbocycles. The fourth-order valence-corrected chi connectivity index (χ4v) is 2.68. The number of rotatable bonds is 8. The Morgan fingerprint density at radius 1 is 1.27 bits per heavy atom. The van der Waals surface area contributed by atoms with Crippen molar-refractivity contribution in [2.24, 2.45) is 10.9 Å². The number of carbonyl (C=O) groups excluding carboxylic acids is 1. The largest absolute Gasteiger partial charge is 0.379 e. The van der Waals surface area contributed by atoms with Gasteiger partial charge in [0.05, 0.1) is 6.61 Å². The Kier molecular flexibility index (Phi) is 10.6. The summed E-state index contributed by atoms with van der Waals surface area (Å²) in [7, 11) is 1.76. The maximum Gasteiger partial charge on any atom is 0.227 e. The number of ether oxygens (including phenoxy) is 1. The molecule has 0 bridgehead atoms. The van der Waals surface area contributed by atoms with Gasteiger partial charge >= 0.3 is 0 Å². The minimum atomic E-state index is 0. The van der Waals surface area contributed by atoms with Crippen LogP contribution in [0.4, 0.5) is 5.69 Å². The number of halogens is 1. The topological polar surface area (TPSA) is 66.0 Å². The molecule has 1 aliphatic rings. The van der Waals surface area contributed by atoms with Gasteiger partial charge in [-0.1, -0.05) is 26.0 Å². The summed E-state index contributed by atoms with van der Waals surface area (Å²) in [6.45, 7) is 7.95.